The molecular formula is C8H6N2O3S2. The van der Waals surface area contributed by atoms with E-state index in [4.69, 9.17) is 9.68 Å². The van der Waals surface area contributed by atoms with Crippen LogP contribution in [0.25, 0.3) is 0 Å². The number of nitriles is 1. The van der Waals surface area contributed by atoms with Gasteiger partial charge in [0.05, 0.1) is 12.5 Å². The Morgan fingerprint density at radius 2 is 2.53 bits per heavy atom. The molecule has 0 saturated carbocycles. The Kier molecular flexibility index (Phi) is 2.88. The van der Waals surface area contributed by atoms with Gasteiger partial charge in [0.15, 0.2) is 0 Å². The molecule has 0 radical (unpaired) electrons. The van der Waals surface area contributed by atoms with Crippen LogP contribution in [0.2, 0.25) is 0 Å². The Balaban J connectivity index is 2.11. The van der Waals surface area contributed by atoms with Gasteiger partial charge in [-0.25, -0.2) is 0 Å². The number of nitro groups is 1. The zero-order chi connectivity index (χ0) is 10.8. The first kappa shape index (κ1) is 10.4. The highest BCUT2D eigenvalue weighted by atomic mass is 32.2. The van der Waals surface area contributed by atoms with Crippen LogP contribution in [-0.2, 0) is 0 Å². The average Bonchev–Trinajstić information content (AvgIpc) is 2.62. The Labute approximate surface area is 94.0 Å². The van der Waals surface area contributed by atoms with E-state index in [1.165, 1.54) is 24.3 Å². The van der Waals surface area contributed by atoms with E-state index in [9.17, 15) is 10.1 Å². The van der Waals surface area contributed by atoms with Crippen molar-refractivity contribution in [2.45, 2.75) is 15.9 Å². The Hall–Kier alpha value is -1.13. The van der Waals surface area contributed by atoms with Gasteiger partial charge in [0, 0.05) is 10.5 Å². The fourth-order valence-electron chi connectivity index (χ4n) is 1.43. The van der Waals surface area contributed by atoms with Gasteiger partial charge in [0.25, 0.3) is 6.04 Å². The minimum Gasteiger partial charge on any atom is -0.472 e. The summed E-state index contributed by atoms with van der Waals surface area (Å²) in [5.41, 5.74) is 0.816. The lowest BCUT2D eigenvalue weighted by molar-refractivity contribution is -0.522. The molecule has 1 aromatic rings. The van der Waals surface area contributed by atoms with Crippen molar-refractivity contribution in [2.75, 3.05) is 0 Å². The van der Waals surface area contributed by atoms with E-state index >= 15 is 0 Å². The highest BCUT2D eigenvalue weighted by molar-refractivity contribution is 8.20. The van der Waals surface area contributed by atoms with E-state index in [0.29, 0.717) is 0 Å². The molecule has 0 N–H and O–H groups in total. The first-order chi connectivity index (χ1) is 7.24. The predicted octanol–water partition coefficient (Wildman–Crippen LogP) is 2.25. The first-order valence-electron chi connectivity index (χ1n) is 4.10. The standard InChI is InChI=1S/C8H6N2O3S2/c9-4-14-8-6(10(11)12)7(15-8)5-1-2-13-3-5/h1-3,6-8H/t6-,7-,8-/m0/s1. The number of hydrogen-bond donors (Lipinski definition) is 0. The fourth-order valence-corrected chi connectivity index (χ4v) is 3.88. The second kappa shape index (κ2) is 4.16. The zero-order valence-electron chi connectivity index (χ0n) is 7.40. The molecule has 1 aromatic heterocycles. The van der Waals surface area contributed by atoms with Gasteiger partial charge in [0.1, 0.15) is 15.2 Å². The average molecular weight is 242 g/mol. The molecule has 0 unspecified atom stereocenters. The Bertz CT molecular complexity index is 401. The molecule has 2 heterocycles. The van der Waals surface area contributed by atoms with Gasteiger partial charge in [0.2, 0.25) is 0 Å². The number of thiocyanates is 1. The maximum Gasteiger partial charge on any atom is 0.250 e. The first-order valence-corrected chi connectivity index (χ1v) is 5.92. The molecule has 0 spiro atoms. The van der Waals surface area contributed by atoms with Crippen molar-refractivity contribution in [3.05, 3.63) is 34.3 Å². The number of nitrogens with zero attached hydrogens (tertiary/aromatic N) is 2. The summed E-state index contributed by atoms with van der Waals surface area (Å²) in [6.45, 7) is 0. The van der Waals surface area contributed by atoms with E-state index in [0.717, 1.165) is 17.3 Å². The largest absolute Gasteiger partial charge is 0.472 e. The van der Waals surface area contributed by atoms with Gasteiger partial charge < -0.3 is 4.42 Å². The number of furan rings is 1. The highest BCUT2D eigenvalue weighted by Crippen LogP contribution is 2.54. The smallest absolute Gasteiger partial charge is 0.250 e. The lowest BCUT2D eigenvalue weighted by Crippen LogP contribution is -2.43. The molecule has 2 rings (SSSR count). The van der Waals surface area contributed by atoms with Crippen LogP contribution in [0, 0.1) is 20.8 Å². The van der Waals surface area contributed by atoms with E-state index in [2.05, 4.69) is 0 Å². The van der Waals surface area contributed by atoms with Crippen molar-refractivity contribution in [3.63, 3.8) is 0 Å². The Morgan fingerprint density at radius 1 is 1.73 bits per heavy atom. The number of rotatable bonds is 3. The molecule has 0 amide bonds. The summed E-state index contributed by atoms with van der Waals surface area (Å²) in [7, 11) is 0. The van der Waals surface area contributed by atoms with E-state index in [-0.39, 0.29) is 14.8 Å². The quantitative estimate of drug-likeness (QED) is 0.459. The fraction of sp³-hybridized carbons (Fsp3) is 0.375. The zero-order valence-corrected chi connectivity index (χ0v) is 9.03. The molecule has 15 heavy (non-hydrogen) atoms. The van der Waals surface area contributed by atoms with Gasteiger partial charge in [-0.15, -0.1) is 11.8 Å². The third kappa shape index (κ3) is 1.82. The van der Waals surface area contributed by atoms with Crippen LogP contribution in [0.4, 0.5) is 0 Å². The molecule has 0 aliphatic carbocycles. The lowest BCUT2D eigenvalue weighted by Gasteiger charge is -2.34. The van der Waals surface area contributed by atoms with Gasteiger partial charge >= 0.3 is 0 Å². The van der Waals surface area contributed by atoms with Gasteiger partial charge in [-0.2, -0.15) is 5.26 Å². The van der Waals surface area contributed by atoms with Crippen LogP contribution in [-0.4, -0.2) is 15.5 Å². The summed E-state index contributed by atoms with van der Waals surface area (Å²) < 4.78 is 4.61. The van der Waals surface area contributed by atoms with E-state index in [1.807, 2.05) is 5.40 Å². The maximum absolute atomic E-state index is 10.8. The SMILES string of the molecule is N#CS[C@H]1S[C@@H](c2ccoc2)[C@@H]1[N+](=O)[O-]. The normalized spacial score (nSPS) is 29.1. The molecule has 78 valence electrons. The van der Waals surface area contributed by atoms with Crippen LogP contribution in [0.5, 0.6) is 0 Å². The lowest BCUT2D eigenvalue weighted by atomic mass is 10.1. The highest BCUT2D eigenvalue weighted by Gasteiger charge is 2.52. The van der Waals surface area contributed by atoms with Crippen molar-refractivity contribution in [1.29, 1.82) is 5.26 Å². The van der Waals surface area contributed by atoms with Crippen LogP contribution in [0.1, 0.15) is 10.8 Å². The predicted molar refractivity (Wildman–Crippen MR) is 56.8 cm³/mol. The number of hydrogen-bond acceptors (Lipinski definition) is 6. The molecule has 1 saturated heterocycles. The van der Waals surface area contributed by atoms with Crippen LogP contribution in [0.3, 0.4) is 0 Å². The minimum absolute atomic E-state index is 0.190. The molecular weight excluding hydrogens is 236 g/mol. The molecule has 1 aliphatic heterocycles. The Morgan fingerprint density at radius 3 is 3.07 bits per heavy atom. The second-order valence-corrected chi connectivity index (χ2v) is 5.48. The summed E-state index contributed by atoms with van der Waals surface area (Å²) in [5, 5.41) is 21.0. The molecule has 5 nitrogen and oxygen atoms in total. The van der Waals surface area contributed by atoms with Crippen molar-refractivity contribution >= 4 is 23.5 Å². The molecule has 1 fully saturated rings. The van der Waals surface area contributed by atoms with Crippen LogP contribution < -0.4 is 0 Å². The summed E-state index contributed by atoms with van der Waals surface area (Å²) in [6.07, 6.45) is 3.01. The summed E-state index contributed by atoms with van der Waals surface area (Å²) >= 11 is 2.38. The third-order valence-electron chi connectivity index (χ3n) is 2.15. The van der Waals surface area contributed by atoms with Gasteiger partial charge in [-0.3, -0.25) is 10.1 Å². The molecule has 7 heteroatoms. The number of thioether (sulfide) groups is 2. The molecule has 3 atom stereocenters. The van der Waals surface area contributed by atoms with E-state index < -0.39 is 6.04 Å². The molecule has 0 bridgehead atoms. The maximum atomic E-state index is 10.8. The second-order valence-electron chi connectivity index (χ2n) is 2.97. The van der Waals surface area contributed by atoms with Crippen molar-refractivity contribution in [1.82, 2.24) is 0 Å². The molecule has 0 aromatic carbocycles. The van der Waals surface area contributed by atoms with Gasteiger partial charge in [-0.1, -0.05) is 0 Å². The molecule has 1 aliphatic rings. The monoisotopic (exact) mass is 242 g/mol. The minimum atomic E-state index is -0.697. The van der Waals surface area contributed by atoms with Gasteiger partial charge in [-0.05, 0) is 17.8 Å². The third-order valence-corrected chi connectivity index (χ3v) is 4.78. The van der Waals surface area contributed by atoms with E-state index in [1.54, 1.807) is 6.07 Å². The summed E-state index contributed by atoms with van der Waals surface area (Å²) in [4.78, 5) is 10.5. The summed E-state index contributed by atoms with van der Waals surface area (Å²) in [5.74, 6) is 0. The van der Waals surface area contributed by atoms with Crippen molar-refractivity contribution in [2.24, 2.45) is 0 Å². The van der Waals surface area contributed by atoms with Crippen LogP contribution >= 0.6 is 23.5 Å². The van der Waals surface area contributed by atoms with Crippen molar-refractivity contribution in [3.8, 4) is 5.40 Å². The summed E-state index contributed by atoms with van der Waals surface area (Å²) in [6, 6.07) is 1.03. The van der Waals surface area contributed by atoms with Crippen molar-refractivity contribution < 1.29 is 9.34 Å². The van der Waals surface area contributed by atoms with Crippen LogP contribution in [0.15, 0.2) is 23.0 Å². The topological polar surface area (TPSA) is 80.1 Å².